The van der Waals surface area contributed by atoms with E-state index in [4.69, 9.17) is 11.6 Å². The van der Waals surface area contributed by atoms with Gasteiger partial charge in [-0.15, -0.1) is 0 Å². The van der Waals surface area contributed by atoms with E-state index in [0.717, 1.165) is 5.69 Å². The SMILES string of the molecule is CCC(O)C#Cc1ncn2c1CN(C)C(=O)c1c(Cl)cccc1-2. The Morgan fingerprint density at radius 1 is 1.48 bits per heavy atom. The summed E-state index contributed by atoms with van der Waals surface area (Å²) in [7, 11) is 1.72. The van der Waals surface area contributed by atoms with Crippen molar-refractivity contribution in [3.05, 3.63) is 46.5 Å². The molecular weight excluding hydrogens is 314 g/mol. The van der Waals surface area contributed by atoms with Gasteiger partial charge < -0.3 is 10.0 Å². The molecule has 0 fully saturated rings. The quantitative estimate of drug-likeness (QED) is 0.816. The second-order valence-corrected chi connectivity index (χ2v) is 5.81. The number of halogens is 1. The Morgan fingerprint density at radius 3 is 3.00 bits per heavy atom. The van der Waals surface area contributed by atoms with E-state index >= 15 is 0 Å². The Kier molecular flexibility index (Phi) is 4.12. The summed E-state index contributed by atoms with van der Waals surface area (Å²) in [4.78, 5) is 18.5. The van der Waals surface area contributed by atoms with Crippen molar-refractivity contribution in [2.75, 3.05) is 7.05 Å². The van der Waals surface area contributed by atoms with E-state index in [1.165, 1.54) is 0 Å². The van der Waals surface area contributed by atoms with Gasteiger partial charge in [0.15, 0.2) is 0 Å². The van der Waals surface area contributed by atoms with E-state index in [1.807, 2.05) is 17.6 Å². The van der Waals surface area contributed by atoms with Crippen molar-refractivity contribution in [2.45, 2.75) is 26.0 Å². The normalized spacial score (nSPS) is 14.4. The molecule has 2 heterocycles. The number of aliphatic hydroxyl groups is 1. The molecule has 5 nitrogen and oxygen atoms in total. The first-order valence-corrected chi connectivity index (χ1v) is 7.71. The molecule has 1 aromatic heterocycles. The number of rotatable bonds is 1. The molecule has 0 bridgehead atoms. The third-order valence-corrected chi connectivity index (χ3v) is 4.12. The number of fused-ring (bicyclic) bond motifs is 3. The van der Waals surface area contributed by atoms with Crippen LogP contribution >= 0.6 is 11.6 Å². The number of hydrogen-bond acceptors (Lipinski definition) is 3. The van der Waals surface area contributed by atoms with Crippen LogP contribution in [0, 0.1) is 11.8 Å². The molecule has 23 heavy (non-hydrogen) atoms. The zero-order chi connectivity index (χ0) is 16.6. The van der Waals surface area contributed by atoms with Crippen molar-refractivity contribution in [3.8, 4) is 17.5 Å². The number of imidazole rings is 1. The molecule has 118 valence electrons. The molecule has 3 rings (SSSR count). The number of nitrogens with zero attached hydrogens (tertiary/aromatic N) is 3. The molecule has 1 unspecified atom stereocenters. The number of benzene rings is 1. The van der Waals surface area contributed by atoms with E-state index in [2.05, 4.69) is 16.8 Å². The number of aliphatic hydroxyl groups excluding tert-OH is 1. The molecule has 1 aliphatic heterocycles. The number of carbonyl (C=O) groups is 1. The molecule has 1 N–H and O–H groups in total. The third kappa shape index (κ3) is 2.72. The van der Waals surface area contributed by atoms with Crippen LogP contribution in [0.3, 0.4) is 0 Å². The topological polar surface area (TPSA) is 58.4 Å². The van der Waals surface area contributed by atoms with E-state index in [-0.39, 0.29) is 5.91 Å². The van der Waals surface area contributed by atoms with Crippen molar-refractivity contribution < 1.29 is 9.90 Å². The van der Waals surface area contributed by atoms with Gasteiger partial charge in [-0.2, -0.15) is 0 Å². The summed E-state index contributed by atoms with van der Waals surface area (Å²) >= 11 is 6.23. The Labute approximate surface area is 139 Å². The Bertz CT molecular complexity index is 832. The number of aromatic nitrogens is 2. The van der Waals surface area contributed by atoms with Crippen LogP contribution in [0.4, 0.5) is 0 Å². The Morgan fingerprint density at radius 2 is 2.26 bits per heavy atom. The Balaban J connectivity index is 2.17. The molecule has 1 aromatic carbocycles. The highest BCUT2D eigenvalue weighted by Gasteiger charge is 2.27. The van der Waals surface area contributed by atoms with Crippen molar-refractivity contribution in [2.24, 2.45) is 0 Å². The van der Waals surface area contributed by atoms with Crippen molar-refractivity contribution >= 4 is 17.5 Å². The first-order valence-electron chi connectivity index (χ1n) is 7.33. The maximum Gasteiger partial charge on any atom is 0.257 e. The summed E-state index contributed by atoms with van der Waals surface area (Å²) < 4.78 is 1.84. The lowest BCUT2D eigenvalue weighted by Crippen LogP contribution is -2.25. The molecule has 0 spiro atoms. The molecule has 0 radical (unpaired) electrons. The van der Waals surface area contributed by atoms with Gasteiger partial charge in [0.2, 0.25) is 0 Å². The molecular formula is C17H16ClN3O2. The highest BCUT2D eigenvalue weighted by atomic mass is 35.5. The first-order chi connectivity index (χ1) is 11.0. The lowest BCUT2D eigenvalue weighted by molar-refractivity contribution is 0.0788. The summed E-state index contributed by atoms with van der Waals surface area (Å²) in [6, 6.07) is 5.34. The molecule has 1 atom stereocenters. The maximum absolute atomic E-state index is 12.6. The van der Waals surface area contributed by atoms with Crippen LogP contribution in [0.2, 0.25) is 5.02 Å². The minimum atomic E-state index is -0.681. The van der Waals surface area contributed by atoms with Crippen LogP contribution in [0.15, 0.2) is 24.5 Å². The first kappa shape index (κ1) is 15.6. The predicted octanol–water partition coefficient (Wildman–Crippen LogP) is 2.23. The molecule has 1 aliphatic rings. The Hall–Kier alpha value is -2.29. The summed E-state index contributed by atoms with van der Waals surface area (Å²) in [6.07, 6.45) is 1.51. The number of amides is 1. The molecule has 6 heteroatoms. The zero-order valence-electron chi connectivity index (χ0n) is 12.9. The number of carbonyl (C=O) groups excluding carboxylic acids is 1. The fraction of sp³-hybridized carbons (Fsp3) is 0.294. The molecule has 2 aromatic rings. The van der Waals surface area contributed by atoms with Crippen LogP contribution in [0.25, 0.3) is 5.69 Å². The van der Waals surface area contributed by atoms with Crippen LogP contribution in [0.1, 0.15) is 35.1 Å². The predicted molar refractivity (Wildman–Crippen MR) is 87.5 cm³/mol. The minimum Gasteiger partial charge on any atom is -0.380 e. The van der Waals surface area contributed by atoms with Gasteiger partial charge in [-0.3, -0.25) is 9.36 Å². The van der Waals surface area contributed by atoms with E-state index in [0.29, 0.717) is 34.9 Å². The monoisotopic (exact) mass is 329 g/mol. The fourth-order valence-corrected chi connectivity index (χ4v) is 2.75. The summed E-state index contributed by atoms with van der Waals surface area (Å²) in [5.74, 6) is 5.54. The zero-order valence-corrected chi connectivity index (χ0v) is 13.6. The van der Waals surface area contributed by atoms with E-state index in [9.17, 15) is 9.90 Å². The summed E-state index contributed by atoms with van der Waals surface area (Å²) in [5.41, 5.74) is 2.52. The fourth-order valence-electron chi connectivity index (χ4n) is 2.50. The third-order valence-electron chi connectivity index (χ3n) is 3.81. The average Bonchev–Trinajstić information content (AvgIpc) is 2.89. The molecule has 0 saturated carbocycles. The van der Waals surface area contributed by atoms with Crippen LogP contribution in [0.5, 0.6) is 0 Å². The van der Waals surface area contributed by atoms with Gasteiger partial charge in [-0.05, 0) is 24.5 Å². The summed E-state index contributed by atoms with van der Waals surface area (Å²) in [6.45, 7) is 2.23. The second-order valence-electron chi connectivity index (χ2n) is 5.40. The lowest BCUT2D eigenvalue weighted by Gasteiger charge is -2.14. The van der Waals surface area contributed by atoms with Gasteiger partial charge in [-0.1, -0.05) is 30.5 Å². The largest absolute Gasteiger partial charge is 0.380 e. The van der Waals surface area contributed by atoms with Crippen molar-refractivity contribution in [3.63, 3.8) is 0 Å². The smallest absolute Gasteiger partial charge is 0.257 e. The minimum absolute atomic E-state index is 0.137. The van der Waals surface area contributed by atoms with Crippen LogP contribution < -0.4 is 0 Å². The van der Waals surface area contributed by atoms with Crippen LogP contribution in [-0.4, -0.2) is 38.6 Å². The van der Waals surface area contributed by atoms with Crippen molar-refractivity contribution in [1.29, 1.82) is 0 Å². The van der Waals surface area contributed by atoms with Gasteiger partial charge in [0, 0.05) is 7.05 Å². The van der Waals surface area contributed by atoms with Gasteiger partial charge in [-0.25, -0.2) is 4.98 Å². The van der Waals surface area contributed by atoms with Gasteiger partial charge >= 0.3 is 0 Å². The van der Waals surface area contributed by atoms with Gasteiger partial charge in [0.25, 0.3) is 5.91 Å². The van der Waals surface area contributed by atoms with Gasteiger partial charge in [0.1, 0.15) is 18.1 Å². The maximum atomic E-state index is 12.6. The van der Waals surface area contributed by atoms with E-state index < -0.39 is 6.10 Å². The average molecular weight is 330 g/mol. The van der Waals surface area contributed by atoms with Crippen LogP contribution in [-0.2, 0) is 6.54 Å². The second kappa shape index (κ2) is 6.07. The standard InChI is InChI=1S/C17H16ClN3O2/c1-3-11(22)7-8-13-15-9-20(2)17(23)16-12(18)5-4-6-14(16)21(15)10-19-13/h4-6,10-11,22H,3,9H2,1-2H3. The van der Waals surface area contributed by atoms with Crippen molar-refractivity contribution in [1.82, 2.24) is 14.5 Å². The number of hydrogen-bond donors (Lipinski definition) is 1. The highest BCUT2D eigenvalue weighted by Crippen LogP contribution is 2.30. The molecule has 0 aliphatic carbocycles. The van der Waals surface area contributed by atoms with E-state index in [1.54, 1.807) is 30.4 Å². The summed E-state index contributed by atoms with van der Waals surface area (Å²) in [5, 5.41) is 10.0. The van der Waals surface area contributed by atoms with Gasteiger partial charge in [0.05, 0.1) is 28.5 Å². The molecule has 1 amide bonds. The lowest BCUT2D eigenvalue weighted by atomic mass is 10.1. The highest BCUT2D eigenvalue weighted by molar-refractivity contribution is 6.34. The molecule has 0 saturated heterocycles.